The van der Waals surface area contributed by atoms with Crippen LogP contribution in [0.15, 0.2) is 79.4 Å². The van der Waals surface area contributed by atoms with Crippen LogP contribution in [-0.4, -0.2) is 15.0 Å². The molecule has 7 heteroatoms. The zero-order chi connectivity index (χ0) is 20.5. The Hall–Kier alpha value is -2.57. The summed E-state index contributed by atoms with van der Waals surface area (Å²) in [6.45, 7) is 0. The van der Waals surface area contributed by atoms with Crippen molar-refractivity contribution in [2.75, 3.05) is 0 Å². The SMILES string of the molecule is Clc1ccc(-c2ccc(-c3cncc(-c4ccc(-c5ccc(Cl)nc5)s4)c3)s2)cn1. The van der Waals surface area contributed by atoms with Gasteiger partial charge in [-0.3, -0.25) is 4.98 Å². The molecule has 5 aromatic heterocycles. The van der Waals surface area contributed by atoms with E-state index in [9.17, 15) is 0 Å². The summed E-state index contributed by atoms with van der Waals surface area (Å²) in [5, 5.41) is 0.995. The van der Waals surface area contributed by atoms with Gasteiger partial charge in [0, 0.05) is 66.5 Å². The number of nitrogens with zero attached hydrogens (tertiary/aromatic N) is 3. The zero-order valence-corrected chi connectivity index (χ0v) is 18.6. The highest BCUT2D eigenvalue weighted by atomic mass is 35.5. The van der Waals surface area contributed by atoms with Crippen molar-refractivity contribution in [3.63, 3.8) is 0 Å². The third-order valence-electron chi connectivity index (χ3n) is 4.54. The van der Waals surface area contributed by atoms with Gasteiger partial charge < -0.3 is 0 Å². The van der Waals surface area contributed by atoms with Gasteiger partial charge in [0.15, 0.2) is 0 Å². The summed E-state index contributed by atoms with van der Waals surface area (Å²) in [6.07, 6.45) is 7.39. The average molecular weight is 466 g/mol. The molecular formula is C23H13Cl2N3S2. The van der Waals surface area contributed by atoms with Gasteiger partial charge >= 0.3 is 0 Å². The molecule has 0 atom stereocenters. The van der Waals surface area contributed by atoms with Crippen LogP contribution in [0.25, 0.3) is 41.8 Å². The minimum atomic E-state index is 0.497. The average Bonchev–Trinajstić information content (AvgIpc) is 3.45. The molecule has 0 N–H and O–H groups in total. The zero-order valence-electron chi connectivity index (χ0n) is 15.4. The summed E-state index contributed by atoms with van der Waals surface area (Å²) in [5.41, 5.74) is 4.29. The third kappa shape index (κ3) is 4.02. The molecule has 0 amide bonds. The second-order valence-electron chi connectivity index (χ2n) is 6.53. The topological polar surface area (TPSA) is 38.7 Å². The van der Waals surface area contributed by atoms with E-state index in [4.69, 9.17) is 23.2 Å². The molecule has 30 heavy (non-hydrogen) atoms. The number of pyridine rings is 3. The van der Waals surface area contributed by atoms with E-state index in [0.717, 1.165) is 41.8 Å². The van der Waals surface area contributed by atoms with Crippen LogP contribution in [0.2, 0.25) is 10.3 Å². The normalized spacial score (nSPS) is 11.0. The standard InChI is InChI=1S/C23H13Cl2N3S2/c24-22-7-1-14(12-27-22)18-3-5-20(29-18)16-9-17(11-26-10-16)21-6-4-19(30-21)15-2-8-23(25)28-13-15/h1-13H. The van der Waals surface area contributed by atoms with E-state index in [-0.39, 0.29) is 0 Å². The van der Waals surface area contributed by atoms with Crippen LogP contribution >= 0.6 is 45.9 Å². The van der Waals surface area contributed by atoms with Crippen molar-refractivity contribution in [1.82, 2.24) is 15.0 Å². The molecule has 146 valence electrons. The maximum absolute atomic E-state index is 5.90. The summed E-state index contributed by atoms with van der Waals surface area (Å²) >= 11 is 15.2. The van der Waals surface area contributed by atoms with E-state index in [1.54, 1.807) is 35.1 Å². The Morgan fingerprint density at radius 1 is 0.500 bits per heavy atom. The Kier molecular flexibility index (Phi) is 5.35. The summed E-state index contributed by atoms with van der Waals surface area (Å²) in [6, 6.07) is 18.2. The molecule has 0 aliphatic carbocycles. The second-order valence-corrected chi connectivity index (χ2v) is 9.47. The Morgan fingerprint density at radius 3 is 1.33 bits per heavy atom. The molecule has 5 rings (SSSR count). The highest BCUT2D eigenvalue weighted by molar-refractivity contribution is 7.19. The largest absolute Gasteiger partial charge is 0.263 e. The lowest BCUT2D eigenvalue weighted by Crippen LogP contribution is -1.79. The van der Waals surface area contributed by atoms with Gasteiger partial charge in [0.1, 0.15) is 10.3 Å². The van der Waals surface area contributed by atoms with Crippen LogP contribution in [0.1, 0.15) is 0 Å². The number of hydrogen-bond acceptors (Lipinski definition) is 5. The van der Waals surface area contributed by atoms with Crippen LogP contribution in [0.3, 0.4) is 0 Å². The van der Waals surface area contributed by atoms with Crippen molar-refractivity contribution in [2.45, 2.75) is 0 Å². The third-order valence-corrected chi connectivity index (χ3v) is 7.36. The summed E-state index contributed by atoms with van der Waals surface area (Å²) in [7, 11) is 0. The number of aromatic nitrogens is 3. The second kappa shape index (κ2) is 8.28. The number of hydrogen-bond donors (Lipinski definition) is 0. The van der Waals surface area contributed by atoms with Crippen LogP contribution in [0.4, 0.5) is 0 Å². The maximum atomic E-state index is 5.90. The lowest BCUT2D eigenvalue weighted by atomic mass is 10.1. The molecule has 0 saturated carbocycles. The molecule has 0 spiro atoms. The van der Waals surface area contributed by atoms with Crippen molar-refractivity contribution in [3.8, 4) is 41.8 Å². The van der Waals surface area contributed by atoms with Gasteiger partial charge in [0.25, 0.3) is 0 Å². The molecule has 0 aromatic carbocycles. The first-order valence-electron chi connectivity index (χ1n) is 9.05. The highest BCUT2D eigenvalue weighted by Gasteiger charge is 2.10. The lowest BCUT2D eigenvalue weighted by molar-refractivity contribution is 1.33. The molecule has 0 aliphatic rings. The monoisotopic (exact) mass is 465 g/mol. The van der Waals surface area contributed by atoms with Crippen LogP contribution in [0.5, 0.6) is 0 Å². The number of halogens is 2. The molecule has 0 aliphatic heterocycles. The van der Waals surface area contributed by atoms with Crippen molar-refractivity contribution < 1.29 is 0 Å². The molecule has 0 saturated heterocycles. The first-order valence-corrected chi connectivity index (χ1v) is 11.4. The van der Waals surface area contributed by atoms with Gasteiger partial charge in [-0.25, -0.2) is 9.97 Å². The van der Waals surface area contributed by atoms with Gasteiger partial charge in [0.05, 0.1) is 0 Å². The van der Waals surface area contributed by atoms with E-state index in [0.29, 0.717) is 10.3 Å². The quantitative estimate of drug-likeness (QED) is 0.252. The minimum Gasteiger partial charge on any atom is -0.263 e. The molecule has 0 unspecified atom stereocenters. The van der Waals surface area contributed by atoms with E-state index < -0.39 is 0 Å². The van der Waals surface area contributed by atoms with Crippen molar-refractivity contribution in [3.05, 3.63) is 89.7 Å². The van der Waals surface area contributed by atoms with Crippen molar-refractivity contribution >= 4 is 45.9 Å². The predicted molar refractivity (Wildman–Crippen MR) is 127 cm³/mol. The summed E-state index contributed by atoms with van der Waals surface area (Å²) in [5.74, 6) is 0. The first kappa shape index (κ1) is 19.4. The fourth-order valence-electron chi connectivity index (χ4n) is 3.05. The van der Waals surface area contributed by atoms with Crippen LogP contribution < -0.4 is 0 Å². The molecule has 0 bridgehead atoms. The van der Waals surface area contributed by atoms with Crippen molar-refractivity contribution in [1.29, 1.82) is 0 Å². The molecule has 5 aromatic rings. The van der Waals surface area contributed by atoms with Crippen molar-refractivity contribution in [2.24, 2.45) is 0 Å². The van der Waals surface area contributed by atoms with E-state index in [1.807, 2.05) is 36.7 Å². The Morgan fingerprint density at radius 2 is 0.933 bits per heavy atom. The maximum Gasteiger partial charge on any atom is 0.129 e. The fourth-order valence-corrected chi connectivity index (χ4v) is 5.23. The predicted octanol–water partition coefficient (Wildman–Crippen LogP) is 7.97. The summed E-state index contributed by atoms with van der Waals surface area (Å²) < 4.78 is 0. The molecular weight excluding hydrogens is 453 g/mol. The highest BCUT2D eigenvalue weighted by Crippen LogP contribution is 2.38. The van der Waals surface area contributed by atoms with E-state index >= 15 is 0 Å². The van der Waals surface area contributed by atoms with Gasteiger partial charge in [-0.05, 0) is 54.6 Å². The van der Waals surface area contributed by atoms with E-state index in [2.05, 4.69) is 45.3 Å². The fraction of sp³-hybridized carbons (Fsp3) is 0. The van der Waals surface area contributed by atoms with Gasteiger partial charge in [-0.2, -0.15) is 0 Å². The first-order chi connectivity index (χ1) is 14.7. The number of rotatable bonds is 4. The Balaban J connectivity index is 1.44. The smallest absolute Gasteiger partial charge is 0.129 e. The minimum absolute atomic E-state index is 0.497. The van der Waals surface area contributed by atoms with E-state index in [1.165, 1.54) is 0 Å². The summed E-state index contributed by atoms with van der Waals surface area (Å²) in [4.78, 5) is 17.4. The molecule has 0 radical (unpaired) electrons. The van der Waals surface area contributed by atoms with Crippen LogP contribution in [0, 0.1) is 0 Å². The Labute approximate surface area is 191 Å². The van der Waals surface area contributed by atoms with Gasteiger partial charge in [0.2, 0.25) is 0 Å². The van der Waals surface area contributed by atoms with Gasteiger partial charge in [-0.15, -0.1) is 22.7 Å². The Bertz CT molecular complexity index is 1210. The van der Waals surface area contributed by atoms with Gasteiger partial charge in [-0.1, -0.05) is 23.2 Å². The van der Waals surface area contributed by atoms with Crippen LogP contribution in [-0.2, 0) is 0 Å². The lowest BCUT2D eigenvalue weighted by Gasteiger charge is -2.02. The molecule has 5 heterocycles. The molecule has 3 nitrogen and oxygen atoms in total. The number of thiophene rings is 2. The molecule has 0 fully saturated rings.